The van der Waals surface area contributed by atoms with Crippen LogP contribution in [-0.4, -0.2) is 31.7 Å². The van der Waals surface area contributed by atoms with Gasteiger partial charge in [0, 0.05) is 10.6 Å². The Kier molecular flexibility index (Phi) is 3.21. The number of ketones is 2. The van der Waals surface area contributed by atoms with E-state index in [4.69, 9.17) is 11.6 Å². The van der Waals surface area contributed by atoms with E-state index in [2.05, 4.69) is 10.3 Å². The largest absolute Gasteiger partial charge is 0.507 e. The predicted octanol–water partition coefficient (Wildman–Crippen LogP) is 2.46. The molecule has 118 valence electrons. The fourth-order valence-corrected chi connectivity index (χ4v) is 3.00. The summed E-state index contributed by atoms with van der Waals surface area (Å²) in [6, 6.07) is 11.6. The van der Waals surface area contributed by atoms with Crippen LogP contribution in [-0.2, 0) is 6.54 Å². The fraction of sp³-hybridized carbons (Fsp3) is 0.0588. The van der Waals surface area contributed by atoms with Crippen molar-refractivity contribution in [3.05, 3.63) is 75.6 Å². The lowest BCUT2D eigenvalue weighted by atomic mass is 9.89. The third-order valence-electron chi connectivity index (χ3n) is 3.96. The molecule has 0 aliphatic heterocycles. The molecular formula is C17H10ClN3O3. The van der Waals surface area contributed by atoms with Crippen LogP contribution in [0.25, 0.3) is 0 Å². The van der Waals surface area contributed by atoms with E-state index in [9.17, 15) is 14.7 Å². The average Bonchev–Trinajstić information content (AvgIpc) is 2.99. The fourth-order valence-electron chi connectivity index (χ4n) is 2.80. The van der Waals surface area contributed by atoms with Crippen molar-refractivity contribution in [1.29, 1.82) is 0 Å². The number of benzene rings is 2. The number of phenols is 1. The van der Waals surface area contributed by atoms with Gasteiger partial charge in [0.25, 0.3) is 0 Å². The number of carbonyl (C=O) groups is 2. The minimum absolute atomic E-state index is 0.0280. The topological polar surface area (TPSA) is 85.1 Å². The monoisotopic (exact) mass is 339 g/mol. The van der Waals surface area contributed by atoms with Crippen molar-refractivity contribution >= 4 is 23.2 Å². The van der Waals surface area contributed by atoms with Crippen molar-refractivity contribution in [2.45, 2.75) is 6.54 Å². The summed E-state index contributed by atoms with van der Waals surface area (Å²) in [5, 5.41) is 18.2. The van der Waals surface area contributed by atoms with Crippen molar-refractivity contribution < 1.29 is 14.7 Å². The molecule has 2 aromatic carbocycles. The van der Waals surface area contributed by atoms with Crippen molar-refractivity contribution in [1.82, 2.24) is 15.0 Å². The van der Waals surface area contributed by atoms with Gasteiger partial charge in [-0.25, -0.2) is 4.68 Å². The lowest BCUT2D eigenvalue weighted by Crippen LogP contribution is -2.23. The Morgan fingerprint density at radius 2 is 1.83 bits per heavy atom. The van der Waals surface area contributed by atoms with E-state index >= 15 is 0 Å². The van der Waals surface area contributed by atoms with Crippen LogP contribution in [0.5, 0.6) is 5.75 Å². The molecule has 0 unspecified atom stereocenters. The molecule has 1 aromatic heterocycles. The van der Waals surface area contributed by atoms with Gasteiger partial charge in [-0.05, 0) is 23.8 Å². The van der Waals surface area contributed by atoms with Crippen LogP contribution >= 0.6 is 11.6 Å². The van der Waals surface area contributed by atoms with E-state index in [0.29, 0.717) is 5.02 Å². The van der Waals surface area contributed by atoms with Crippen molar-refractivity contribution in [3.63, 3.8) is 0 Å². The van der Waals surface area contributed by atoms with Crippen LogP contribution in [0.3, 0.4) is 0 Å². The summed E-state index contributed by atoms with van der Waals surface area (Å²) in [6.07, 6.45) is 0. The standard InChI is InChI=1S/C17H10ClN3O3/c18-11-6-2-1-4-9(11)8-21-15-14(19-20-21)17(24)13-10(16(15)23)5-3-7-12(13)22/h1-7,22H,8H2. The highest BCUT2D eigenvalue weighted by Gasteiger charge is 2.36. The highest BCUT2D eigenvalue weighted by molar-refractivity contribution is 6.31. The SMILES string of the molecule is O=C1c2nnn(Cc3ccccc3Cl)c2C(=O)c2cccc(O)c21. The number of aromatic nitrogens is 3. The zero-order valence-corrected chi connectivity index (χ0v) is 13.0. The van der Waals surface area contributed by atoms with Crippen LogP contribution in [0.1, 0.15) is 37.7 Å². The molecule has 1 aliphatic rings. The number of phenolic OH excluding ortho intramolecular Hbond substituents is 1. The predicted molar refractivity (Wildman–Crippen MR) is 85.5 cm³/mol. The summed E-state index contributed by atoms with van der Waals surface area (Å²) in [5.74, 6) is -1.15. The normalized spacial score (nSPS) is 12.9. The van der Waals surface area contributed by atoms with Gasteiger partial charge in [-0.1, -0.05) is 41.1 Å². The van der Waals surface area contributed by atoms with E-state index in [1.807, 2.05) is 12.1 Å². The average molecular weight is 340 g/mol. The summed E-state index contributed by atoms with van der Waals surface area (Å²) >= 11 is 6.14. The third-order valence-corrected chi connectivity index (χ3v) is 4.33. The maximum Gasteiger partial charge on any atom is 0.220 e. The minimum atomic E-state index is -0.511. The summed E-state index contributed by atoms with van der Waals surface area (Å²) in [5.41, 5.74) is 0.933. The maximum atomic E-state index is 12.8. The van der Waals surface area contributed by atoms with Gasteiger partial charge in [-0.2, -0.15) is 0 Å². The molecule has 4 rings (SSSR count). The van der Waals surface area contributed by atoms with Crippen LogP contribution in [0, 0.1) is 0 Å². The summed E-state index contributed by atoms with van der Waals surface area (Å²) in [7, 11) is 0. The second-order valence-electron chi connectivity index (χ2n) is 5.39. The Bertz CT molecular complexity index is 1010. The molecular weight excluding hydrogens is 330 g/mol. The van der Waals surface area contributed by atoms with E-state index in [-0.39, 0.29) is 34.8 Å². The Morgan fingerprint density at radius 1 is 1.04 bits per heavy atom. The highest BCUT2D eigenvalue weighted by atomic mass is 35.5. The van der Waals surface area contributed by atoms with Gasteiger partial charge in [-0.15, -0.1) is 5.10 Å². The number of fused-ring (bicyclic) bond motifs is 2. The Hall–Kier alpha value is -2.99. The van der Waals surface area contributed by atoms with Crippen LogP contribution < -0.4 is 0 Å². The molecule has 3 aromatic rings. The van der Waals surface area contributed by atoms with Gasteiger partial charge >= 0.3 is 0 Å². The van der Waals surface area contributed by atoms with Crippen molar-refractivity contribution in [2.24, 2.45) is 0 Å². The number of hydrogen-bond donors (Lipinski definition) is 1. The molecule has 0 atom stereocenters. The summed E-state index contributed by atoms with van der Waals surface area (Å²) in [4.78, 5) is 25.3. The molecule has 0 radical (unpaired) electrons. The van der Waals surface area contributed by atoms with E-state index in [0.717, 1.165) is 5.56 Å². The number of aromatic hydroxyl groups is 1. The Balaban J connectivity index is 1.84. The number of hydrogen-bond acceptors (Lipinski definition) is 5. The molecule has 24 heavy (non-hydrogen) atoms. The van der Waals surface area contributed by atoms with Gasteiger partial charge < -0.3 is 5.11 Å². The zero-order chi connectivity index (χ0) is 16.8. The molecule has 0 saturated heterocycles. The second-order valence-corrected chi connectivity index (χ2v) is 5.80. The van der Waals surface area contributed by atoms with Gasteiger partial charge in [0.15, 0.2) is 5.69 Å². The Morgan fingerprint density at radius 3 is 2.62 bits per heavy atom. The van der Waals surface area contributed by atoms with Crippen molar-refractivity contribution in [3.8, 4) is 5.75 Å². The number of nitrogens with zero attached hydrogens (tertiary/aromatic N) is 3. The summed E-state index contributed by atoms with van der Waals surface area (Å²) < 4.78 is 1.36. The first kappa shape index (κ1) is 14.6. The van der Waals surface area contributed by atoms with E-state index in [1.165, 1.54) is 22.9 Å². The molecule has 1 heterocycles. The van der Waals surface area contributed by atoms with Gasteiger partial charge in [-0.3, -0.25) is 9.59 Å². The number of carbonyl (C=O) groups excluding carboxylic acids is 2. The first-order valence-corrected chi connectivity index (χ1v) is 7.54. The lowest BCUT2D eigenvalue weighted by molar-refractivity contribution is 0.0968. The maximum absolute atomic E-state index is 12.8. The highest BCUT2D eigenvalue weighted by Crippen LogP contribution is 2.31. The molecule has 1 N–H and O–H groups in total. The molecule has 1 aliphatic carbocycles. The summed E-state index contributed by atoms with van der Waals surface area (Å²) in [6.45, 7) is 0.217. The van der Waals surface area contributed by atoms with Gasteiger partial charge in [0.05, 0.1) is 12.1 Å². The minimum Gasteiger partial charge on any atom is -0.507 e. The molecule has 6 nitrogen and oxygen atoms in total. The molecule has 0 bridgehead atoms. The smallest absolute Gasteiger partial charge is 0.220 e. The van der Waals surface area contributed by atoms with Crippen LogP contribution in [0.15, 0.2) is 42.5 Å². The first-order chi connectivity index (χ1) is 11.6. The first-order valence-electron chi connectivity index (χ1n) is 7.16. The Labute approximate surface area is 141 Å². The quantitative estimate of drug-likeness (QED) is 0.606. The molecule has 0 fully saturated rings. The van der Waals surface area contributed by atoms with Gasteiger partial charge in [0.2, 0.25) is 11.6 Å². The third kappa shape index (κ3) is 2.04. The molecule has 0 amide bonds. The lowest BCUT2D eigenvalue weighted by Gasteiger charge is -2.15. The number of rotatable bonds is 2. The molecule has 0 saturated carbocycles. The van der Waals surface area contributed by atoms with Crippen LogP contribution in [0.2, 0.25) is 5.02 Å². The molecule has 0 spiro atoms. The van der Waals surface area contributed by atoms with E-state index < -0.39 is 11.6 Å². The van der Waals surface area contributed by atoms with Gasteiger partial charge in [0.1, 0.15) is 11.4 Å². The van der Waals surface area contributed by atoms with Crippen molar-refractivity contribution in [2.75, 3.05) is 0 Å². The van der Waals surface area contributed by atoms with Crippen LogP contribution in [0.4, 0.5) is 0 Å². The zero-order valence-electron chi connectivity index (χ0n) is 12.2. The second kappa shape index (κ2) is 5.28. The molecule has 7 heteroatoms. The van der Waals surface area contributed by atoms with E-state index in [1.54, 1.807) is 12.1 Å². The number of halogens is 1.